The van der Waals surface area contributed by atoms with Gasteiger partial charge in [-0.1, -0.05) is 6.92 Å². The van der Waals surface area contributed by atoms with Crippen LogP contribution in [0.2, 0.25) is 0 Å². The molecule has 0 saturated carbocycles. The van der Waals surface area contributed by atoms with Crippen LogP contribution in [0.4, 0.5) is 0 Å². The van der Waals surface area contributed by atoms with Gasteiger partial charge in [0, 0.05) is 23.9 Å². The number of hydrogen-bond acceptors (Lipinski definition) is 4. The molecule has 0 amide bonds. The number of hydrogen-bond donors (Lipinski definition) is 3. The molecule has 0 radical (unpaired) electrons. The van der Waals surface area contributed by atoms with Crippen LogP contribution in [-0.2, 0) is 0 Å². The first-order valence-electron chi connectivity index (χ1n) is 5.23. The Bertz CT molecular complexity index is 255. The molecule has 1 atom stereocenters. The maximum atomic E-state index is 7.52. The van der Waals surface area contributed by atoms with E-state index in [0.29, 0.717) is 11.5 Å². The summed E-state index contributed by atoms with van der Waals surface area (Å²) in [7, 11) is 0. The Labute approximate surface area is 92.4 Å². The van der Waals surface area contributed by atoms with Crippen molar-refractivity contribution < 1.29 is 0 Å². The molecule has 4 nitrogen and oxygen atoms in total. The summed E-state index contributed by atoms with van der Waals surface area (Å²) in [5, 5.41) is 14.0. The van der Waals surface area contributed by atoms with E-state index in [-0.39, 0.29) is 6.04 Å². The molecule has 86 valence electrons. The maximum absolute atomic E-state index is 7.52. The van der Waals surface area contributed by atoms with E-state index >= 15 is 0 Å². The minimum Gasteiger partial charge on any atom is -0.366 e. The molecule has 0 heterocycles. The molecule has 0 aliphatic heterocycles. The molecule has 0 fully saturated rings. The molecular formula is C11H22N4. The highest BCUT2D eigenvalue weighted by Crippen LogP contribution is 2.04. The zero-order chi connectivity index (χ0) is 11.8. The van der Waals surface area contributed by atoms with Gasteiger partial charge < -0.3 is 16.0 Å². The summed E-state index contributed by atoms with van der Waals surface area (Å²) in [6.45, 7) is 13.1. The van der Waals surface area contributed by atoms with Gasteiger partial charge in [-0.15, -0.1) is 0 Å². The number of nitrogens with zero attached hydrogens (tertiary/aromatic N) is 1. The lowest BCUT2D eigenvalue weighted by Gasteiger charge is -2.17. The monoisotopic (exact) mass is 210 g/mol. The van der Waals surface area contributed by atoms with E-state index in [4.69, 9.17) is 5.41 Å². The van der Waals surface area contributed by atoms with Gasteiger partial charge in [0.2, 0.25) is 0 Å². The molecule has 15 heavy (non-hydrogen) atoms. The number of likely N-dealkylation sites (N-methyl/N-ethyl adjacent to an activating group) is 1. The normalized spacial score (nSPS) is 14.1. The SMILES string of the molecule is C=N/C(N[C@H](C)CNCC)=C(/C)C(C)=N. The minimum absolute atomic E-state index is 0.278. The zero-order valence-corrected chi connectivity index (χ0v) is 10.1. The Balaban J connectivity index is 4.39. The summed E-state index contributed by atoms with van der Waals surface area (Å²) in [4.78, 5) is 3.91. The van der Waals surface area contributed by atoms with Gasteiger partial charge >= 0.3 is 0 Å². The summed E-state index contributed by atoms with van der Waals surface area (Å²) in [5.74, 6) is 0.702. The first-order chi connectivity index (χ1) is 7.02. The van der Waals surface area contributed by atoms with Crippen LogP contribution < -0.4 is 10.6 Å². The van der Waals surface area contributed by atoms with Crippen molar-refractivity contribution in [2.75, 3.05) is 13.1 Å². The molecule has 0 bridgehead atoms. The van der Waals surface area contributed by atoms with Crippen molar-refractivity contribution in [2.24, 2.45) is 4.99 Å². The van der Waals surface area contributed by atoms with Gasteiger partial charge in [-0.3, -0.25) is 0 Å². The molecule has 0 unspecified atom stereocenters. The summed E-state index contributed by atoms with van der Waals surface area (Å²) in [5.41, 5.74) is 1.36. The van der Waals surface area contributed by atoms with Gasteiger partial charge in [0.25, 0.3) is 0 Å². The van der Waals surface area contributed by atoms with Gasteiger partial charge in [0.1, 0.15) is 5.82 Å². The topological polar surface area (TPSA) is 60.3 Å². The van der Waals surface area contributed by atoms with Gasteiger partial charge in [-0.25, -0.2) is 4.99 Å². The fraction of sp³-hybridized carbons (Fsp3) is 0.636. The summed E-state index contributed by atoms with van der Waals surface area (Å²) >= 11 is 0. The second-order valence-electron chi connectivity index (χ2n) is 3.61. The van der Waals surface area contributed by atoms with Crippen LogP contribution in [-0.4, -0.2) is 31.6 Å². The fourth-order valence-electron chi connectivity index (χ4n) is 1.10. The van der Waals surface area contributed by atoms with E-state index in [2.05, 4.69) is 36.2 Å². The summed E-state index contributed by atoms with van der Waals surface area (Å²) in [6.07, 6.45) is 0. The fourth-order valence-corrected chi connectivity index (χ4v) is 1.10. The van der Waals surface area contributed by atoms with E-state index < -0.39 is 0 Å². The van der Waals surface area contributed by atoms with Crippen LogP contribution >= 0.6 is 0 Å². The maximum Gasteiger partial charge on any atom is 0.130 e. The highest BCUT2D eigenvalue weighted by atomic mass is 15.1. The summed E-state index contributed by atoms with van der Waals surface area (Å²) in [6, 6.07) is 0.278. The molecule has 4 heteroatoms. The van der Waals surface area contributed by atoms with E-state index in [1.54, 1.807) is 6.92 Å². The van der Waals surface area contributed by atoms with Crippen molar-refractivity contribution in [1.82, 2.24) is 10.6 Å². The lowest BCUT2D eigenvalue weighted by atomic mass is 10.2. The predicted molar refractivity (Wildman–Crippen MR) is 66.8 cm³/mol. The van der Waals surface area contributed by atoms with Gasteiger partial charge in [-0.2, -0.15) is 0 Å². The highest BCUT2D eigenvalue weighted by molar-refractivity contribution is 5.95. The van der Waals surface area contributed by atoms with Crippen LogP contribution in [0.25, 0.3) is 0 Å². The minimum atomic E-state index is 0.278. The summed E-state index contributed by atoms with van der Waals surface area (Å²) < 4.78 is 0. The van der Waals surface area contributed by atoms with Crippen molar-refractivity contribution in [2.45, 2.75) is 33.7 Å². The Kier molecular flexibility index (Phi) is 6.62. The van der Waals surface area contributed by atoms with Crippen LogP contribution in [0.5, 0.6) is 0 Å². The van der Waals surface area contributed by atoms with Crippen LogP contribution in [0.1, 0.15) is 27.7 Å². The molecular weight excluding hydrogens is 188 g/mol. The second kappa shape index (κ2) is 7.17. The quantitative estimate of drug-likeness (QED) is 0.558. The Morgan fingerprint density at radius 1 is 1.47 bits per heavy atom. The first kappa shape index (κ1) is 13.8. The van der Waals surface area contributed by atoms with Crippen LogP contribution in [0.15, 0.2) is 16.4 Å². The zero-order valence-electron chi connectivity index (χ0n) is 10.1. The number of nitrogens with one attached hydrogen (secondary N) is 3. The average Bonchev–Trinajstić information content (AvgIpc) is 2.21. The van der Waals surface area contributed by atoms with Crippen molar-refractivity contribution in [3.63, 3.8) is 0 Å². The van der Waals surface area contributed by atoms with E-state index in [9.17, 15) is 0 Å². The number of allylic oxidation sites excluding steroid dienone is 1. The van der Waals surface area contributed by atoms with Crippen LogP contribution in [0.3, 0.4) is 0 Å². The first-order valence-corrected chi connectivity index (χ1v) is 5.23. The van der Waals surface area contributed by atoms with E-state index in [1.807, 2.05) is 6.92 Å². The Morgan fingerprint density at radius 2 is 2.07 bits per heavy atom. The largest absolute Gasteiger partial charge is 0.366 e. The standard InChI is InChI=1S/C11H22N4/c1-6-14-7-8(2)15-11(13-5)9(3)10(4)12/h8,12,14-15H,5-7H2,1-4H3/b11-9+,12-10?/t8-/m1/s1. The highest BCUT2D eigenvalue weighted by Gasteiger charge is 2.06. The lowest BCUT2D eigenvalue weighted by Crippen LogP contribution is -2.36. The number of rotatable bonds is 7. The average molecular weight is 210 g/mol. The Morgan fingerprint density at radius 3 is 2.47 bits per heavy atom. The van der Waals surface area contributed by atoms with Gasteiger partial charge in [0.05, 0.1) is 0 Å². The smallest absolute Gasteiger partial charge is 0.130 e. The molecule has 0 aromatic rings. The Hall–Kier alpha value is -1.16. The second-order valence-corrected chi connectivity index (χ2v) is 3.61. The van der Waals surface area contributed by atoms with Gasteiger partial charge in [0.15, 0.2) is 0 Å². The predicted octanol–water partition coefficient (Wildman–Crippen LogP) is 1.55. The molecule has 0 aliphatic carbocycles. The lowest BCUT2D eigenvalue weighted by molar-refractivity contribution is 0.550. The molecule has 0 aromatic carbocycles. The van der Waals surface area contributed by atoms with Crippen molar-refractivity contribution >= 4 is 12.4 Å². The molecule has 3 N–H and O–H groups in total. The third-order valence-corrected chi connectivity index (χ3v) is 2.16. The third kappa shape index (κ3) is 5.32. The van der Waals surface area contributed by atoms with E-state index in [0.717, 1.165) is 18.7 Å². The molecule has 0 aliphatic rings. The molecule has 0 saturated heterocycles. The molecule has 0 aromatic heterocycles. The molecule has 0 spiro atoms. The molecule has 0 rings (SSSR count). The van der Waals surface area contributed by atoms with Crippen molar-refractivity contribution in [3.05, 3.63) is 11.4 Å². The van der Waals surface area contributed by atoms with Crippen LogP contribution in [0, 0.1) is 5.41 Å². The van der Waals surface area contributed by atoms with Gasteiger partial charge in [-0.05, 0) is 34.0 Å². The van der Waals surface area contributed by atoms with Crippen molar-refractivity contribution in [1.29, 1.82) is 5.41 Å². The van der Waals surface area contributed by atoms with E-state index in [1.165, 1.54) is 0 Å². The number of aliphatic imine (C=N–C) groups is 1. The van der Waals surface area contributed by atoms with Crippen molar-refractivity contribution in [3.8, 4) is 0 Å². The third-order valence-electron chi connectivity index (χ3n) is 2.16.